The highest BCUT2D eigenvalue weighted by Crippen LogP contribution is 2.69. The second-order valence-corrected chi connectivity index (χ2v) is 13.0. The Kier molecular flexibility index (Phi) is 6.28. The van der Waals surface area contributed by atoms with Crippen LogP contribution >= 0.6 is 0 Å². The number of alkyl halides is 2. The van der Waals surface area contributed by atoms with Crippen molar-refractivity contribution >= 4 is 5.78 Å². The Morgan fingerprint density at radius 1 is 1.02 bits per heavy atom. The normalized spacial score (nSPS) is 31.7. The van der Waals surface area contributed by atoms with Crippen molar-refractivity contribution in [3.05, 3.63) is 81.4 Å². The van der Waals surface area contributed by atoms with E-state index >= 15 is 8.78 Å². The smallest absolute Gasteiger partial charge is 0.336 e. The molecule has 1 N–H and O–H groups in total. The summed E-state index contributed by atoms with van der Waals surface area (Å²) >= 11 is 0. The van der Waals surface area contributed by atoms with E-state index in [4.69, 9.17) is 6.42 Å². The van der Waals surface area contributed by atoms with Crippen LogP contribution in [-0.2, 0) is 4.79 Å². The van der Waals surface area contributed by atoms with Gasteiger partial charge in [-0.15, -0.1) is 6.42 Å². The van der Waals surface area contributed by atoms with Gasteiger partial charge in [-0.3, -0.25) is 4.79 Å². The lowest BCUT2D eigenvalue weighted by Crippen LogP contribution is -2.59. The molecule has 2 saturated carbocycles. The summed E-state index contributed by atoms with van der Waals surface area (Å²) in [6, 6.07) is 13.0. The maximum Gasteiger partial charge on any atom is 0.336 e. The average Bonchev–Trinajstić information content (AvgIpc) is 3.19. The summed E-state index contributed by atoms with van der Waals surface area (Å²) in [5, 5.41) is 11.7. The van der Waals surface area contributed by atoms with Crippen LogP contribution in [0.25, 0.3) is 11.1 Å². The van der Waals surface area contributed by atoms with Gasteiger partial charge in [-0.1, -0.05) is 54.5 Å². The van der Waals surface area contributed by atoms with E-state index in [0.29, 0.717) is 25.7 Å². The van der Waals surface area contributed by atoms with Crippen LogP contribution in [-0.4, -0.2) is 22.4 Å². The van der Waals surface area contributed by atoms with Crippen LogP contribution in [0, 0.1) is 50.4 Å². The van der Waals surface area contributed by atoms with Crippen LogP contribution in [0.5, 0.6) is 0 Å². The van der Waals surface area contributed by atoms with Crippen molar-refractivity contribution in [3.8, 4) is 23.5 Å². The maximum atomic E-state index is 15.3. The van der Waals surface area contributed by atoms with Gasteiger partial charge in [-0.2, -0.15) is 8.78 Å². The summed E-state index contributed by atoms with van der Waals surface area (Å²) in [4.78, 5) is 12.3. The molecule has 0 radical (unpaired) electrons. The molecule has 0 aromatic heterocycles. The number of rotatable bonds is 3. The summed E-state index contributed by atoms with van der Waals surface area (Å²) < 4.78 is 30.6. The SMILES string of the molecule is C#CC(F)(F)[C@@]1(O)CC[C@@H]2[C@H]3CCC4=CC(=O)CCC4=C3[C@H](c3ccc(-c4c(C)cc(C)cc4C)cc3)C[C@]21C. The first kappa shape index (κ1) is 27.2. The zero-order valence-electron chi connectivity index (χ0n) is 23.9. The summed E-state index contributed by atoms with van der Waals surface area (Å²) in [5.74, 6) is -1.88. The van der Waals surface area contributed by atoms with Crippen LogP contribution in [0.2, 0.25) is 0 Å². The van der Waals surface area contributed by atoms with E-state index in [2.05, 4.69) is 57.2 Å². The number of aliphatic hydroxyl groups is 1. The molecule has 0 saturated heterocycles. The Morgan fingerprint density at radius 2 is 1.70 bits per heavy atom. The van der Waals surface area contributed by atoms with Crippen LogP contribution in [0.1, 0.15) is 80.0 Å². The van der Waals surface area contributed by atoms with E-state index in [1.807, 2.05) is 13.0 Å². The van der Waals surface area contributed by atoms with E-state index in [1.165, 1.54) is 33.4 Å². The fourth-order valence-electron chi connectivity index (χ4n) is 9.12. The second kappa shape index (κ2) is 9.25. The lowest BCUT2D eigenvalue weighted by atomic mass is 9.50. The van der Waals surface area contributed by atoms with Crippen LogP contribution in [0.15, 0.2) is 59.2 Å². The summed E-state index contributed by atoms with van der Waals surface area (Å²) in [7, 11) is 0. The van der Waals surface area contributed by atoms with Gasteiger partial charge in [0.25, 0.3) is 0 Å². The molecule has 208 valence electrons. The Labute approximate surface area is 236 Å². The second-order valence-electron chi connectivity index (χ2n) is 13.0. The average molecular weight is 541 g/mol. The third-order valence-electron chi connectivity index (χ3n) is 10.9. The fraction of sp³-hybridized carbons (Fsp3) is 0.472. The van der Waals surface area contributed by atoms with Gasteiger partial charge in [0.1, 0.15) is 5.60 Å². The standard InChI is InChI=1S/C36H38F2O2/c1-6-36(37,38)35(40)16-15-31-29-13-11-26-19-27(39)12-14-28(26)33(29)30(20-34(31,35)5)24-7-9-25(10-8-24)32-22(3)17-21(2)18-23(32)4/h1,7-10,17-19,29-31,40H,11-16,20H2,2-5H3/t29-,30+,31-,34-,35-/m1/s1. The quantitative estimate of drug-likeness (QED) is 0.399. The van der Waals surface area contributed by atoms with Gasteiger partial charge < -0.3 is 5.11 Å². The molecule has 4 aliphatic carbocycles. The number of ketones is 1. The number of halogens is 2. The Hall–Kier alpha value is -3.03. The molecule has 0 unspecified atom stereocenters. The number of fused-ring (bicyclic) bond motifs is 4. The molecule has 0 spiro atoms. The van der Waals surface area contributed by atoms with Gasteiger partial charge in [0.2, 0.25) is 0 Å². The van der Waals surface area contributed by atoms with Crippen molar-refractivity contribution in [2.45, 2.75) is 90.1 Å². The third-order valence-corrected chi connectivity index (χ3v) is 10.9. The van der Waals surface area contributed by atoms with Crippen LogP contribution in [0.3, 0.4) is 0 Å². The highest BCUT2D eigenvalue weighted by atomic mass is 19.3. The molecule has 5 atom stereocenters. The lowest BCUT2D eigenvalue weighted by molar-refractivity contribution is -0.209. The molecule has 0 amide bonds. The molecule has 2 aromatic rings. The van der Waals surface area contributed by atoms with Gasteiger partial charge >= 0.3 is 5.92 Å². The van der Waals surface area contributed by atoms with Gasteiger partial charge in [0.15, 0.2) is 5.78 Å². The maximum absolute atomic E-state index is 15.3. The minimum atomic E-state index is -3.60. The van der Waals surface area contributed by atoms with E-state index in [9.17, 15) is 9.90 Å². The van der Waals surface area contributed by atoms with Gasteiger partial charge in [0, 0.05) is 17.8 Å². The fourth-order valence-corrected chi connectivity index (χ4v) is 9.12. The predicted octanol–water partition coefficient (Wildman–Crippen LogP) is 8.18. The number of aryl methyl sites for hydroxylation is 3. The summed E-state index contributed by atoms with van der Waals surface area (Å²) in [6.07, 6.45) is 10.9. The number of benzene rings is 2. The van der Waals surface area contributed by atoms with Gasteiger partial charge in [-0.25, -0.2) is 0 Å². The third kappa shape index (κ3) is 3.81. The van der Waals surface area contributed by atoms with Crippen molar-refractivity contribution in [2.75, 3.05) is 0 Å². The molecular formula is C36H38F2O2. The van der Waals surface area contributed by atoms with E-state index in [1.54, 1.807) is 5.92 Å². The van der Waals surface area contributed by atoms with Gasteiger partial charge in [-0.05, 0) is 122 Å². The van der Waals surface area contributed by atoms with E-state index in [0.717, 1.165) is 29.5 Å². The minimum Gasteiger partial charge on any atom is -0.382 e. The minimum absolute atomic E-state index is 0.00327. The Morgan fingerprint density at radius 3 is 2.35 bits per heavy atom. The zero-order valence-corrected chi connectivity index (χ0v) is 23.9. The highest BCUT2D eigenvalue weighted by molar-refractivity contribution is 5.93. The Balaban J connectivity index is 1.49. The van der Waals surface area contributed by atoms with Crippen LogP contribution < -0.4 is 0 Å². The molecule has 0 heterocycles. The number of terminal acetylenes is 1. The molecule has 2 fully saturated rings. The number of carbonyl (C=O) groups excluding carboxylic acids is 1. The first-order chi connectivity index (χ1) is 18.9. The molecule has 4 heteroatoms. The van der Waals surface area contributed by atoms with E-state index in [-0.39, 0.29) is 30.0 Å². The number of hydrogen-bond acceptors (Lipinski definition) is 2. The zero-order chi connectivity index (χ0) is 28.6. The lowest BCUT2D eigenvalue weighted by Gasteiger charge is -2.55. The summed E-state index contributed by atoms with van der Waals surface area (Å²) in [6.45, 7) is 8.23. The molecule has 0 aliphatic heterocycles. The molecule has 0 bridgehead atoms. The van der Waals surface area contributed by atoms with Crippen molar-refractivity contribution in [1.82, 2.24) is 0 Å². The Bertz CT molecular complexity index is 1480. The molecule has 6 rings (SSSR count). The van der Waals surface area contributed by atoms with Crippen LogP contribution in [0.4, 0.5) is 8.78 Å². The molecule has 40 heavy (non-hydrogen) atoms. The molecule has 2 nitrogen and oxygen atoms in total. The first-order valence-electron chi connectivity index (χ1n) is 14.6. The van der Waals surface area contributed by atoms with Crippen molar-refractivity contribution in [1.29, 1.82) is 0 Å². The topological polar surface area (TPSA) is 37.3 Å². The summed E-state index contributed by atoms with van der Waals surface area (Å²) in [5.41, 5.74) is 7.55. The van der Waals surface area contributed by atoms with E-state index < -0.39 is 16.9 Å². The molecule has 4 aliphatic rings. The number of carbonyl (C=O) groups is 1. The predicted molar refractivity (Wildman–Crippen MR) is 155 cm³/mol. The van der Waals surface area contributed by atoms with Crippen molar-refractivity contribution in [2.24, 2.45) is 17.3 Å². The van der Waals surface area contributed by atoms with Crippen molar-refractivity contribution < 1.29 is 18.7 Å². The molecular weight excluding hydrogens is 502 g/mol. The number of hydrogen-bond donors (Lipinski definition) is 1. The monoisotopic (exact) mass is 540 g/mol. The first-order valence-corrected chi connectivity index (χ1v) is 14.6. The van der Waals surface area contributed by atoms with Crippen molar-refractivity contribution in [3.63, 3.8) is 0 Å². The van der Waals surface area contributed by atoms with Gasteiger partial charge in [0.05, 0.1) is 0 Å². The molecule has 2 aromatic carbocycles. The number of allylic oxidation sites excluding steroid dienone is 4. The highest BCUT2D eigenvalue weighted by Gasteiger charge is 2.71. The largest absolute Gasteiger partial charge is 0.382 e.